The van der Waals surface area contributed by atoms with Crippen LogP contribution in [0.5, 0.6) is 0 Å². The number of fused-ring (bicyclic) bond motifs is 1. The summed E-state index contributed by atoms with van der Waals surface area (Å²) in [5.74, 6) is 0.259. The van der Waals surface area contributed by atoms with Gasteiger partial charge in [-0.25, -0.2) is 4.98 Å². The maximum Gasteiger partial charge on any atom is 0.254 e. The van der Waals surface area contributed by atoms with Crippen LogP contribution in [-0.2, 0) is 11.3 Å². The molecule has 1 aromatic carbocycles. The van der Waals surface area contributed by atoms with Crippen molar-refractivity contribution in [1.82, 2.24) is 14.9 Å². The number of nitrogens with two attached hydrogens (primary N) is 1. The maximum absolute atomic E-state index is 13.3. The number of pyridine rings is 2. The Bertz CT molecular complexity index is 1080. The summed E-state index contributed by atoms with van der Waals surface area (Å²) < 4.78 is 5.94. The molecule has 0 aliphatic heterocycles. The van der Waals surface area contributed by atoms with E-state index in [2.05, 4.69) is 25.9 Å². The summed E-state index contributed by atoms with van der Waals surface area (Å²) in [7, 11) is 1.60. The Morgan fingerprint density at radius 2 is 2.14 bits per heavy atom. The summed E-state index contributed by atoms with van der Waals surface area (Å²) in [6, 6.07) is 12.5. The molecule has 8 heteroatoms. The average Bonchev–Trinajstić information content (AvgIpc) is 2.72. The van der Waals surface area contributed by atoms with Crippen LogP contribution in [-0.4, -0.2) is 40.5 Å². The molecule has 0 fully saturated rings. The zero-order chi connectivity index (χ0) is 21.0. The van der Waals surface area contributed by atoms with Crippen molar-refractivity contribution in [2.75, 3.05) is 19.5 Å². The number of nitriles is 1. The maximum atomic E-state index is 13.3. The SMILES string of the molecule is COCC(C)N(Cc1ccc(C#N)cn1)C(=O)c1ccc2nc(N)c(Br)cc2c1. The van der Waals surface area contributed by atoms with E-state index < -0.39 is 0 Å². The zero-order valence-corrected chi connectivity index (χ0v) is 17.7. The van der Waals surface area contributed by atoms with Crippen LogP contribution in [0, 0.1) is 11.3 Å². The van der Waals surface area contributed by atoms with Crippen molar-refractivity contribution >= 4 is 38.6 Å². The van der Waals surface area contributed by atoms with Crippen molar-refractivity contribution in [3.8, 4) is 6.07 Å². The molecule has 0 aliphatic carbocycles. The van der Waals surface area contributed by atoms with E-state index in [0.717, 1.165) is 5.39 Å². The molecule has 148 valence electrons. The molecule has 2 heterocycles. The summed E-state index contributed by atoms with van der Waals surface area (Å²) in [6.45, 7) is 2.61. The Morgan fingerprint density at radius 3 is 2.79 bits per heavy atom. The second kappa shape index (κ2) is 8.99. The van der Waals surface area contributed by atoms with Gasteiger partial charge >= 0.3 is 0 Å². The first kappa shape index (κ1) is 20.7. The average molecular weight is 454 g/mol. The number of carbonyl (C=O) groups is 1. The van der Waals surface area contributed by atoms with Crippen LogP contribution in [0.25, 0.3) is 10.9 Å². The van der Waals surface area contributed by atoms with Gasteiger partial charge < -0.3 is 15.4 Å². The summed E-state index contributed by atoms with van der Waals surface area (Å²) in [5.41, 5.74) is 8.26. The third-order valence-electron chi connectivity index (χ3n) is 4.53. The fourth-order valence-electron chi connectivity index (χ4n) is 2.98. The number of amides is 1. The lowest BCUT2D eigenvalue weighted by Gasteiger charge is -2.29. The van der Waals surface area contributed by atoms with Gasteiger partial charge in [0.1, 0.15) is 11.9 Å². The molecule has 0 radical (unpaired) electrons. The molecule has 3 aromatic rings. The topological polar surface area (TPSA) is 105 Å². The zero-order valence-electron chi connectivity index (χ0n) is 16.1. The fraction of sp³-hybridized carbons (Fsp3) is 0.238. The van der Waals surface area contributed by atoms with Crippen LogP contribution < -0.4 is 5.73 Å². The monoisotopic (exact) mass is 453 g/mol. The van der Waals surface area contributed by atoms with Crippen LogP contribution in [0.3, 0.4) is 0 Å². The normalized spacial score (nSPS) is 11.8. The van der Waals surface area contributed by atoms with Crippen molar-refractivity contribution in [3.05, 3.63) is 63.9 Å². The minimum Gasteiger partial charge on any atom is -0.383 e. The molecule has 7 nitrogen and oxygen atoms in total. The predicted molar refractivity (Wildman–Crippen MR) is 114 cm³/mol. The number of nitrogen functional groups attached to an aromatic ring is 1. The summed E-state index contributed by atoms with van der Waals surface area (Å²) >= 11 is 3.38. The fourth-order valence-corrected chi connectivity index (χ4v) is 3.32. The second-order valence-corrected chi connectivity index (χ2v) is 7.50. The third-order valence-corrected chi connectivity index (χ3v) is 5.16. The van der Waals surface area contributed by atoms with Gasteiger partial charge in [-0.05, 0) is 59.3 Å². The number of carbonyl (C=O) groups excluding carboxylic acids is 1. The van der Waals surface area contributed by atoms with E-state index in [9.17, 15) is 4.79 Å². The Kier molecular flexibility index (Phi) is 6.42. The number of hydrogen-bond donors (Lipinski definition) is 1. The molecule has 1 atom stereocenters. The first-order valence-corrected chi connectivity index (χ1v) is 9.73. The molecule has 0 spiro atoms. The highest BCUT2D eigenvalue weighted by molar-refractivity contribution is 9.10. The van der Waals surface area contributed by atoms with E-state index >= 15 is 0 Å². The Labute approximate surface area is 177 Å². The van der Waals surface area contributed by atoms with Gasteiger partial charge in [-0.15, -0.1) is 0 Å². The number of aromatic nitrogens is 2. The highest BCUT2D eigenvalue weighted by Crippen LogP contribution is 2.25. The molecule has 0 saturated carbocycles. The number of ether oxygens (including phenoxy) is 1. The first-order valence-electron chi connectivity index (χ1n) is 8.93. The van der Waals surface area contributed by atoms with Crippen molar-refractivity contribution < 1.29 is 9.53 Å². The minimum atomic E-state index is -0.170. The lowest BCUT2D eigenvalue weighted by atomic mass is 10.1. The molecular weight excluding hydrogens is 434 g/mol. The van der Waals surface area contributed by atoms with E-state index in [1.165, 1.54) is 6.20 Å². The lowest BCUT2D eigenvalue weighted by Crippen LogP contribution is -2.40. The molecule has 0 saturated heterocycles. The molecule has 2 N–H and O–H groups in total. The van der Waals surface area contributed by atoms with Crippen LogP contribution in [0.4, 0.5) is 5.82 Å². The van der Waals surface area contributed by atoms with Crippen molar-refractivity contribution in [3.63, 3.8) is 0 Å². The van der Waals surface area contributed by atoms with Gasteiger partial charge in [0.25, 0.3) is 5.91 Å². The van der Waals surface area contributed by atoms with Gasteiger partial charge in [-0.1, -0.05) is 0 Å². The molecule has 0 bridgehead atoms. The van der Waals surface area contributed by atoms with Gasteiger partial charge in [-0.3, -0.25) is 9.78 Å². The summed E-state index contributed by atoms with van der Waals surface area (Å²) in [6.07, 6.45) is 1.50. The highest BCUT2D eigenvalue weighted by atomic mass is 79.9. The summed E-state index contributed by atoms with van der Waals surface area (Å²) in [4.78, 5) is 23.6. The number of halogens is 1. The molecule has 1 unspecified atom stereocenters. The van der Waals surface area contributed by atoms with E-state index in [0.29, 0.717) is 45.8 Å². The van der Waals surface area contributed by atoms with Crippen molar-refractivity contribution in [2.24, 2.45) is 0 Å². The van der Waals surface area contributed by atoms with E-state index in [-0.39, 0.29) is 11.9 Å². The van der Waals surface area contributed by atoms with E-state index in [1.807, 2.05) is 19.1 Å². The summed E-state index contributed by atoms with van der Waals surface area (Å²) in [5, 5.41) is 9.75. The Hall–Kier alpha value is -3.02. The minimum absolute atomic E-state index is 0.143. The smallest absolute Gasteiger partial charge is 0.254 e. The molecule has 29 heavy (non-hydrogen) atoms. The second-order valence-electron chi connectivity index (χ2n) is 6.65. The van der Waals surface area contributed by atoms with Gasteiger partial charge in [0.05, 0.1) is 40.4 Å². The van der Waals surface area contributed by atoms with Crippen LogP contribution >= 0.6 is 15.9 Å². The largest absolute Gasteiger partial charge is 0.383 e. The Morgan fingerprint density at radius 1 is 1.34 bits per heavy atom. The predicted octanol–water partition coefficient (Wildman–Crippen LogP) is 3.52. The van der Waals surface area contributed by atoms with Gasteiger partial charge in [0, 0.05) is 24.3 Å². The molecule has 2 aromatic heterocycles. The number of methoxy groups -OCH3 is 1. The number of anilines is 1. The molecule has 0 aliphatic rings. The number of rotatable bonds is 6. The standard InChI is InChI=1S/C21H20BrN5O2/c1-13(12-29-2)27(11-17-5-3-14(9-23)10-25-17)21(28)15-4-6-19-16(7-15)8-18(22)20(24)26-19/h3-8,10,13H,11-12H2,1-2H3,(H2,24,26). The molecule has 3 rings (SSSR count). The van der Waals surface area contributed by atoms with E-state index in [1.54, 1.807) is 42.3 Å². The van der Waals surface area contributed by atoms with Crippen molar-refractivity contribution in [2.45, 2.75) is 19.5 Å². The lowest BCUT2D eigenvalue weighted by molar-refractivity contribution is 0.0539. The number of nitrogens with zero attached hydrogens (tertiary/aromatic N) is 4. The number of hydrogen-bond acceptors (Lipinski definition) is 6. The van der Waals surface area contributed by atoms with Gasteiger partial charge in [-0.2, -0.15) is 5.26 Å². The molecule has 1 amide bonds. The van der Waals surface area contributed by atoms with E-state index in [4.69, 9.17) is 15.7 Å². The van der Waals surface area contributed by atoms with Gasteiger partial charge in [0.15, 0.2) is 0 Å². The van der Waals surface area contributed by atoms with Crippen LogP contribution in [0.15, 0.2) is 47.1 Å². The van der Waals surface area contributed by atoms with Crippen molar-refractivity contribution in [1.29, 1.82) is 5.26 Å². The highest BCUT2D eigenvalue weighted by Gasteiger charge is 2.23. The third kappa shape index (κ3) is 4.70. The number of benzene rings is 1. The van der Waals surface area contributed by atoms with Crippen LogP contribution in [0.1, 0.15) is 28.5 Å². The quantitative estimate of drug-likeness (QED) is 0.611. The van der Waals surface area contributed by atoms with Gasteiger partial charge in [0.2, 0.25) is 0 Å². The van der Waals surface area contributed by atoms with Crippen LogP contribution in [0.2, 0.25) is 0 Å². The first-order chi connectivity index (χ1) is 13.9. The molecular formula is C21H20BrN5O2. The Balaban J connectivity index is 1.93.